The predicted octanol–water partition coefficient (Wildman–Crippen LogP) is 3.78. The van der Waals surface area contributed by atoms with Crippen LogP contribution in [0, 0.1) is 0 Å². The molecule has 2 N–H and O–H groups in total. The van der Waals surface area contributed by atoms with Crippen LogP contribution in [0.1, 0.15) is 12.5 Å². The third kappa shape index (κ3) is 4.18. The van der Waals surface area contributed by atoms with Gasteiger partial charge in [-0.25, -0.2) is 0 Å². The fraction of sp³-hybridized carbons (Fsp3) is 0.429. The van der Waals surface area contributed by atoms with E-state index in [0.717, 1.165) is 22.9 Å². The summed E-state index contributed by atoms with van der Waals surface area (Å²) in [6, 6.07) is 8.01. The summed E-state index contributed by atoms with van der Waals surface area (Å²) < 4.78 is 38.2. The van der Waals surface area contributed by atoms with E-state index in [1.165, 1.54) is 0 Å². The fourth-order valence-corrected chi connectivity index (χ4v) is 2.72. The maximum absolute atomic E-state index is 12.1. The van der Waals surface area contributed by atoms with E-state index in [-0.39, 0.29) is 23.6 Å². The zero-order valence-corrected chi connectivity index (χ0v) is 12.0. The van der Waals surface area contributed by atoms with Gasteiger partial charge in [0.1, 0.15) is 0 Å². The lowest BCUT2D eigenvalue weighted by atomic mass is 10.1. The molecule has 1 atom stereocenters. The first kappa shape index (κ1) is 15.3. The molecule has 2 rings (SSSR count). The van der Waals surface area contributed by atoms with Crippen molar-refractivity contribution >= 4 is 22.7 Å². The molecule has 1 heterocycles. The first-order chi connectivity index (χ1) is 9.35. The Morgan fingerprint density at radius 1 is 1.30 bits per heavy atom. The van der Waals surface area contributed by atoms with Crippen molar-refractivity contribution in [3.8, 4) is 0 Å². The lowest BCUT2D eigenvalue weighted by Crippen LogP contribution is -2.17. The molecule has 2 aromatic rings. The van der Waals surface area contributed by atoms with Gasteiger partial charge in [-0.15, -0.1) is 0 Å². The number of aryl methyl sites for hydroxylation is 1. The number of hydrogen-bond donors (Lipinski definition) is 1. The van der Waals surface area contributed by atoms with Crippen LogP contribution in [-0.4, -0.2) is 21.9 Å². The Morgan fingerprint density at radius 2 is 2.05 bits per heavy atom. The van der Waals surface area contributed by atoms with Crippen molar-refractivity contribution in [2.75, 3.05) is 5.75 Å². The molecule has 2 nitrogen and oxygen atoms in total. The van der Waals surface area contributed by atoms with Gasteiger partial charge in [0.2, 0.25) is 0 Å². The molecule has 6 heteroatoms. The summed E-state index contributed by atoms with van der Waals surface area (Å²) in [6.07, 6.45) is 2.63. The Hall–Kier alpha value is -1.14. The fourth-order valence-electron chi connectivity index (χ4n) is 2.20. The Bertz CT molecular complexity index is 575. The molecule has 110 valence electrons. The number of fused-ring (bicyclic) bond motifs is 1. The Labute approximate surface area is 120 Å². The van der Waals surface area contributed by atoms with Crippen molar-refractivity contribution in [2.45, 2.75) is 31.4 Å². The van der Waals surface area contributed by atoms with Crippen LogP contribution in [0.3, 0.4) is 0 Å². The maximum Gasteiger partial charge on any atom is 0.441 e. The minimum absolute atomic E-state index is 0.0146. The van der Waals surface area contributed by atoms with Gasteiger partial charge in [-0.05, 0) is 54.3 Å². The molecular formula is C14H17F3N2S. The van der Waals surface area contributed by atoms with Crippen molar-refractivity contribution < 1.29 is 13.2 Å². The monoisotopic (exact) mass is 302 g/mol. The number of alkyl halides is 3. The first-order valence-electron chi connectivity index (χ1n) is 6.39. The van der Waals surface area contributed by atoms with E-state index in [4.69, 9.17) is 5.73 Å². The second-order valence-electron chi connectivity index (χ2n) is 4.88. The lowest BCUT2D eigenvalue weighted by molar-refractivity contribution is -0.0328. The highest BCUT2D eigenvalue weighted by Crippen LogP contribution is 2.30. The second-order valence-corrected chi connectivity index (χ2v) is 6.04. The zero-order chi connectivity index (χ0) is 14.8. The van der Waals surface area contributed by atoms with Crippen LogP contribution in [0.2, 0.25) is 0 Å². The van der Waals surface area contributed by atoms with Gasteiger partial charge in [-0.3, -0.25) is 0 Å². The molecule has 20 heavy (non-hydrogen) atoms. The molecule has 0 bridgehead atoms. The van der Waals surface area contributed by atoms with Gasteiger partial charge in [0, 0.05) is 30.1 Å². The van der Waals surface area contributed by atoms with Crippen molar-refractivity contribution in [3.05, 3.63) is 36.0 Å². The molecule has 0 saturated carbocycles. The summed E-state index contributed by atoms with van der Waals surface area (Å²) in [5.41, 5.74) is 3.71. The number of aromatic nitrogens is 1. The van der Waals surface area contributed by atoms with E-state index >= 15 is 0 Å². The molecule has 0 radical (unpaired) electrons. The highest BCUT2D eigenvalue weighted by molar-refractivity contribution is 8.00. The van der Waals surface area contributed by atoms with Crippen LogP contribution in [-0.2, 0) is 13.0 Å². The van der Waals surface area contributed by atoms with Crippen LogP contribution < -0.4 is 5.73 Å². The Morgan fingerprint density at radius 3 is 2.70 bits per heavy atom. The number of hydrogen-bond acceptors (Lipinski definition) is 2. The quantitative estimate of drug-likeness (QED) is 0.911. The van der Waals surface area contributed by atoms with Crippen molar-refractivity contribution in [1.29, 1.82) is 0 Å². The number of halogens is 3. The van der Waals surface area contributed by atoms with Crippen molar-refractivity contribution in [1.82, 2.24) is 4.57 Å². The molecule has 0 saturated heterocycles. The third-order valence-corrected chi connectivity index (χ3v) is 3.71. The molecule has 0 amide bonds. The highest BCUT2D eigenvalue weighted by atomic mass is 32.2. The van der Waals surface area contributed by atoms with Crippen molar-refractivity contribution in [3.63, 3.8) is 0 Å². The molecule has 0 aliphatic carbocycles. The predicted molar refractivity (Wildman–Crippen MR) is 77.8 cm³/mol. The normalized spacial score (nSPS) is 13.8. The molecular weight excluding hydrogens is 285 g/mol. The summed E-state index contributed by atoms with van der Waals surface area (Å²) in [5.74, 6) is 0.0227. The first-order valence-corrected chi connectivity index (χ1v) is 7.38. The molecule has 1 aromatic heterocycles. The lowest BCUT2D eigenvalue weighted by Gasteiger charge is -2.09. The molecule has 1 aromatic carbocycles. The van der Waals surface area contributed by atoms with E-state index < -0.39 is 5.51 Å². The minimum Gasteiger partial charge on any atom is -0.347 e. The highest BCUT2D eigenvalue weighted by Gasteiger charge is 2.27. The van der Waals surface area contributed by atoms with E-state index in [9.17, 15) is 13.2 Å². The average Bonchev–Trinajstić information content (AvgIpc) is 2.69. The topological polar surface area (TPSA) is 30.9 Å². The Balaban J connectivity index is 2.08. The van der Waals surface area contributed by atoms with Crippen LogP contribution in [0.5, 0.6) is 0 Å². The van der Waals surface area contributed by atoms with Gasteiger partial charge < -0.3 is 10.3 Å². The number of nitrogens with zero attached hydrogens (tertiary/aromatic N) is 1. The minimum atomic E-state index is -4.16. The Kier molecular flexibility index (Phi) is 4.65. The van der Waals surface area contributed by atoms with Crippen LogP contribution in [0.25, 0.3) is 10.9 Å². The summed E-state index contributed by atoms with van der Waals surface area (Å²) in [4.78, 5) is 0. The van der Waals surface area contributed by atoms with Crippen LogP contribution in [0.4, 0.5) is 13.2 Å². The summed E-state index contributed by atoms with van der Waals surface area (Å²) in [5, 5.41) is 1.04. The van der Waals surface area contributed by atoms with E-state index in [1.807, 2.05) is 42.0 Å². The summed E-state index contributed by atoms with van der Waals surface area (Å²) in [7, 11) is 0. The summed E-state index contributed by atoms with van der Waals surface area (Å²) >= 11 is 0.0146. The molecule has 1 unspecified atom stereocenters. The van der Waals surface area contributed by atoms with Gasteiger partial charge in [-0.1, -0.05) is 6.07 Å². The number of benzene rings is 1. The van der Waals surface area contributed by atoms with E-state index in [0.29, 0.717) is 6.54 Å². The largest absolute Gasteiger partial charge is 0.441 e. The standard InChI is InChI=1S/C14H17F3N2S/c1-10(18)8-11-2-3-13-12(9-11)4-5-19(13)6-7-20-14(15,16)17/h2-5,9-10H,6-8,18H2,1H3. The molecule has 0 aliphatic rings. The average molecular weight is 302 g/mol. The second kappa shape index (κ2) is 6.10. The SMILES string of the molecule is CC(N)Cc1ccc2c(ccn2CCSC(F)(F)F)c1. The van der Waals surface area contributed by atoms with Gasteiger partial charge in [0.15, 0.2) is 0 Å². The van der Waals surface area contributed by atoms with Gasteiger partial charge in [-0.2, -0.15) is 13.2 Å². The molecule has 0 spiro atoms. The van der Waals surface area contributed by atoms with Gasteiger partial charge in [0.05, 0.1) is 0 Å². The zero-order valence-electron chi connectivity index (χ0n) is 11.2. The summed E-state index contributed by atoms with van der Waals surface area (Å²) in [6.45, 7) is 2.30. The van der Waals surface area contributed by atoms with Gasteiger partial charge in [0.25, 0.3) is 0 Å². The third-order valence-electron chi connectivity index (χ3n) is 2.99. The maximum atomic E-state index is 12.1. The van der Waals surface area contributed by atoms with Crippen molar-refractivity contribution in [2.24, 2.45) is 5.73 Å². The molecule has 0 aliphatic heterocycles. The van der Waals surface area contributed by atoms with Crippen LogP contribution >= 0.6 is 11.8 Å². The van der Waals surface area contributed by atoms with Crippen LogP contribution in [0.15, 0.2) is 30.5 Å². The number of rotatable bonds is 5. The van der Waals surface area contributed by atoms with Gasteiger partial charge >= 0.3 is 5.51 Å². The molecule has 0 fully saturated rings. The number of thioether (sulfide) groups is 1. The smallest absolute Gasteiger partial charge is 0.347 e. The van der Waals surface area contributed by atoms with E-state index in [2.05, 4.69) is 0 Å². The van der Waals surface area contributed by atoms with E-state index in [1.54, 1.807) is 0 Å². The number of nitrogens with two attached hydrogens (primary N) is 1.